The minimum absolute atomic E-state index is 0.149. The summed E-state index contributed by atoms with van der Waals surface area (Å²) in [5.41, 5.74) is 6.41. The Hall–Kier alpha value is 8.23. The molecular weight excluding hydrogens is 978 g/mol. The number of nitrogens with two attached hydrogens (primary N) is 1. The Morgan fingerprint density at radius 3 is 1.35 bits per heavy atom. The van der Waals surface area contributed by atoms with Crippen molar-refractivity contribution < 1.29 is 19.4 Å². The minimum Gasteiger partial charge on any atom is -0.497 e. The van der Waals surface area contributed by atoms with Crippen molar-refractivity contribution in [3.05, 3.63) is 23.8 Å². The van der Waals surface area contributed by atoms with Crippen LogP contribution in [0.3, 0.4) is 0 Å². The molecule has 0 saturated heterocycles. The molecule has 254 valence electrons. The van der Waals surface area contributed by atoms with Crippen molar-refractivity contribution in [2.75, 3.05) is 14.2 Å². The first-order chi connectivity index (χ1) is 21.1. The molecule has 0 saturated carbocycles. The van der Waals surface area contributed by atoms with Gasteiger partial charge in [0.1, 0.15) is 23.6 Å². The van der Waals surface area contributed by atoms with Crippen molar-refractivity contribution in [1.82, 2.24) is 0 Å². The first-order valence-corrected chi connectivity index (χ1v) is 43.6. The maximum atomic E-state index is 10.6. The molecule has 1 rings (SSSR count). The highest BCUT2D eigenvalue weighted by molar-refractivity contribution is 8.87. The van der Waals surface area contributed by atoms with Gasteiger partial charge in [-0.2, -0.15) is 36.5 Å². The standard InChI is InChI=1S/C11H15NO4.B8H32P22/c1-15-7-3-4-10(16-2)8(5-7)9(12)6-11(13)14;9-4(10)2(5(11)12)1(6(25(13)14)26(15)16)3(7(27(17)18)28(19)20)8(29(21)22)30(23)24/h3-5,9H,6,12H2,1-2H3,(H,13,14);9-24H2. The van der Waals surface area contributed by atoms with E-state index in [1.807, 2.05) is 0 Å². The quantitative estimate of drug-likeness (QED) is 0.114. The average molecular weight is 1030 g/mol. The zero-order valence-electron chi connectivity index (χ0n) is 25.8. The summed E-state index contributed by atoms with van der Waals surface area (Å²) in [6, 6.07) is 7.54. The molecule has 0 heterocycles. The number of carbonyl (C=O) groups is 1. The predicted molar refractivity (Wildman–Crippen MR) is 302 cm³/mol. The van der Waals surface area contributed by atoms with Gasteiger partial charge in [0.2, 0.25) is 0 Å². The molecule has 1 aromatic carbocycles. The fourth-order valence-electron chi connectivity index (χ4n) is 5.06. The molecule has 0 bridgehead atoms. The van der Waals surface area contributed by atoms with E-state index in [-0.39, 0.29) is 49.5 Å². The third kappa shape index (κ3) is 18.9. The van der Waals surface area contributed by atoms with Crippen molar-refractivity contribution in [2.24, 2.45) is 5.73 Å². The zero-order valence-corrected chi connectivity index (χ0v) is 49.6. The lowest BCUT2D eigenvalue weighted by Gasteiger charge is -2.46. The van der Waals surface area contributed by atoms with Crippen LogP contribution in [0, 0.1) is 0 Å². The highest BCUT2D eigenvalue weighted by atomic mass is 32.5. The van der Waals surface area contributed by atoms with E-state index in [1.165, 1.54) is 14.2 Å². The maximum Gasteiger partial charge on any atom is 0.305 e. The lowest BCUT2D eigenvalue weighted by molar-refractivity contribution is -0.137. The number of ether oxygens (including phenoxy) is 2. The second-order valence-electron chi connectivity index (χ2n) is 10.1. The normalized spacial score (nSPS) is 11.8. The van der Waals surface area contributed by atoms with E-state index in [9.17, 15) is 4.79 Å². The number of aliphatic carboxylic acids is 1. The van der Waals surface area contributed by atoms with Crippen molar-refractivity contribution in [1.29, 1.82) is 0 Å². The van der Waals surface area contributed by atoms with Crippen LogP contribution < -0.4 is 15.2 Å². The van der Waals surface area contributed by atoms with E-state index in [2.05, 4.69) is 144 Å². The summed E-state index contributed by atoms with van der Waals surface area (Å²) in [4.78, 5) is 10.6. The lowest BCUT2D eigenvalue weighted by atomic mass is 8.65. The molecule has 0 amide bonds. The summed E-state index contributed by atoms with van der Waals surface area (Å²) in [5, 5.41) is 8.68. The molecule has 0 aliphatic rings. The first-order valence-electron chi connectivity index (χ1n) is 13.1. The number of hydrogen-bond acceptors (Lipinski definition) is 4. The Morgan fingerprint density at radius 2 is 1.07 bits per heavy atom. The van der Waals surface area contributed by atoms with Gasteiger partial charge in [-0.25, -0.2) is 0 Å². The zero-order chi connectivity index (χ0) is 36.2. The number of hydrogen-bond donors (Lipinski definition) is 2. The van der Waals surface area contributed by atoms with Crippen LogP contribution in [0.5, 0.6) is 11.5 Å². The van der Waals surface area contributed by atoms with Crippen molar-refractivity contribution >= 4 is 242 Å². The SMILES string of the molecule is COc1ccc(OC)c(C(N)CC(=O)O)c1.PB(P)B(B(P)P)B(B(B(P(P)P)P(P)P)B(P(P)P)P(P)P)B(P(P)P)P(P)P. The second kappa shape index (κ2) is 28.6. The maximum absolute atomic E-state index is 10.6. The summed E-state index contributed by atoms with van der Waals surface area (Å²) in [6.07, 6.45) is 1.73. The van der Waals surface area contributed by atoms with E-state index in [4.69, 9.17) is 20.3 Å². The fraction of sp³-hybridized carbons (Fsp3) is 0.364. The summed E-state index contributed by atoms with van der Waals surface area (Å²) in [6.45, 7) is 0. The van der Waals surface area contributed by atoms with Gasteiger partial charge >= 0.3 is 5.97 Å². The van der Waals surface area contributed by atoms with Gasteiger partial charge in [0, 0.05) is 18.0 Å². The minimum atomic E-state index is -0.947. The Bertz CT molecular complexity index is 926. The van der Waals surface area contributed by atoms with Gasteiger partial charge in [0.05, 0.1) is 33.4 Å². The van der Waals surface area contributed by atoms with Crippen LogP contribution in [0.1, 0.15) is 18.0 Å². The topological polar surface area (TPSA) is 81.8 Å². The van der Waals surface area contributed by atoms with Gasteiger partial charge in [-0.3, -0.25) is 4.79 Å². The van der Waals surface area contributed by atoms with Gasteiger partial charge in [-0.05, 0) is 18.2 Å². The molecule has 1 aromatic rings. The van der Waals surface area contributed by atoms with E-state index < -0.39 is 12.0 Å². The van der Waals surface area contributed by atoms with E-state index in [0.29, 0.717) is 66.4 Å². The van der Waals surface area contributed by atoms with Gasteiger partial charge in [-0.15, -0.1) is 150 Å². The molecule has 0 aromatic heterocycles. The van der Waals surface area contributed by atoms with Crippen molar-refractivity contribution in [2.45, 2.75) is 12.5 Å². The van der Waals surface area contributed by atoms with Crippen LogP contribution in [-0.2, 0) is 4.79 Å². The molecule has 17 atom stereocenters. The van der Waals surface area contributed by atoms with Crippen LogP contribution >= 0.6 is 187 Å². The Morgan fingerprint density at radius 1 is 0.696 bits per heavy atom. The number of methoxy groups -OCH3 is 2. The smallest absolute Gasteiger partial charge is 0.305 e. The number of carboxylic acids is 1. The highest BCUT2D eigenvalue weighted by Crippen LogP contribution is 2.79. The summed E-state index contributed by atoms with van der Waals surface area (Å²) in [5.74, 6) is 0.239. The third-order valence-electron chi connectivity index (χ3n) is 6.87. The molecule has 0 spiro atoms. The van der Waals surface area contributed by atoms with Crippen LogP contribution in [-0.4, -0.2) is 74.7 Å². The molecule has 0 aliphatic heterocycles. The Balaban J connectivity index is 0.00000106. The van der Waals surface area contributed by atoms with E-state index >= 15 is 0 Å². The van der Waals surface area contributed by atoms with Crippen molar-refractivity contribution in [3.8, 4) is 11.5 Å². The fourth-order valence-corrected chi connectivity index (χ4v) is 57.4. The van der Waals surface area contributed by atoms with Crippen LogP contribution in [0.4, 0.5) is 0 Å². The van der Waals surface area contributed by atoms with Gasteiger partial charge in [0.15, 0.2) is 18.1 Å². The molecular formula is C11H47B8NO4P22. The predicted octanol–water partition coefficient (Wildman–Crippen LogP) is 8.51. The molecule has 0 fully saturated rings. The Labute approximate surface area is 326 Å². The van der Waals surface area contributed by atoms with Gasteiger partial charge < -0.3 is 20.3 Å². The molecule has 0 radical (unpaired) electrons. The highest BCUT2D eigenvalue weighted by Gasteiger charge is 2.57. The molecule has 0 aliphatic carbocycles. The van der Waals surface area contributed by atoms with Crippen LogP contribution in [0.25, 0.3) is 0 Å². The number of carboxylic acid groups (broad SMARTS) is 1. The number of rotatable bonds is 18. The monoisotopic (exact) mass is 1030 g/mol. The van der Waals surface area contributed by atoms with Crippen molar-refractivity contribution in [3.63, 3.8) is 0 Å². The second-order valence-corrected chi connectivity index (χ2v) is 56.9. The lowest BCUT2D eigenvalue weighted by Crippen LogP contribution is -2.71. The summed E-state index contributed by atoms with van der Waals surface area (Å²) in [7, 11) is 52.6. The number of benzene rings is 1. The van der Waals surface area contributed by atoms with E-state index in [0.717, 1.165) is 0 Å². The van der Waals surface area contributed by atoms with Crippen LogP contribution in [0.15, 0.2) is 18.2 Å². The summed E-state index contributed by atoms with van der Waals surface area (Å²) >= 11 is 0. The molecule has 17 unspecified atom stereocenters. The van der Waals surface area contributed by atoms with E-state index in [1.54, 1.807) is 18.2 Å². The Kier molecular flexibility index (Phi) is 33.7. The molecule has 35 heteroatoms. The first kappa shape index (κ1) is 54.2. The molecule has 5 nitrogen and oxygen atoms in total. The molecule has 3 N–H and O–H groups in total. The summed E-state index contributed by atoms with van der Waals surface area (Å²) < 4.78 is 10.2. The van der Waals surface area contributed by atoms with Gasteiger partial charge in [0.25, 0.3) is 0 Å². The third-order valence-corrected chi connectivity index (χ3v) is 39.8. The van der Waals surface area contributed by atoms with Crippen LogP contribution in [0.2, 0.25) is 0 Å². The largest absolute Gasteiger partial charge is 0.497 e. The molecule has 46 heavy (non-hydrogen) atoms. The average Bonchev–Trinajstić information content (AvgIpc) is 2.90. The van der Waals surface area contributed by atoms with Gasteiger partial charge in [-0.1, -0.05) is 0 Å².